The average molecular weight is 352 g/mol. The predicted octanol–water partition coefficient (Wildman–Crippen LogP) is 3.09. The average Bonchev–Trinajstić information content (AvgIpc) is 2.73. The van der Waals surface area contributed by atoms with Crippen molar-refractivity contribution in [3.63, 3.8) is 0 Å². The summed E-state index contributed by atoms with van der Waals surface area (Å²) in [6.45, 7) is 0.268. The Morgan fingerprint density at radius 3 is 2.79 bits per heavy atom. The van der Waals surface area contributed by atoms with Crippen molar-refractivity contribution in [2.45, 2.75) is 6.42 Å². The lowest BCUT2D eigenvalue weighted by atomic mass is 10.1. The number of nitrogens with zero attached hydrogens (tertiary/aromatic N) is 2. The van der Waals surface area contributed by atoms with E-state index >= 15 is 0 Å². The van der Waals surface area contributed by atoms with E-state index in [1.54, 1.807) is 0 Å². The molecule has 0 saturated carbocycles. The van der Waals surface area contributed by atoms with Gasteiger partial charge in [-0.15, -0.1) is 11.6 Å². The lowest BCUT2D eigenvalue weighted by Gasteiger charge is -2.16. The van der Waals surface area contributed by atoms with Crippen LogP contribution in [0.3, 0.4) is 0 Å². The minimum Gasteiger partial charge on any atom is -0.306 e. The maximum Gasteiger partial charge on any atom is 0.329 e. The standard InChI is InChI=1S/C11H9BrClFN2O3/c12-7-1-2-8(11(10(7)14)16(18)19)15-5-6(4-13)3-9(15)17/h1-2,6H,3-5H2. The van der Waals surface area contributed by atoms with E-state index < -0.39 is 16.4 Å². The number of carbonyl (C=O) groups excluding carboxylic acids is 1. The van der Waals surface area contributed by atoms with Crippen LogP contribution in [0.1, 0.15) is 6.42 Å². The number of nitro benzene ring substituents is 1. The van der Waals surface area contributed by atoms with E-state index in [2.05, 4.69) is 15.9 Å². The predicted molar refractivity (Wildman–Crippen MR) is 71.9 cm³/mol. The summed E-state index contributed by atoms with van der Waals surface area (Å²) >= 11 is 8.58. The highest BCUT2D eigenvalue weighted by Crippen LogP contribution is 2.37. The summed E-state index contributed by atoms with van der Waals surface area (Å²) in [5.41, 5.74) is -0.721. The highest BCUT2D eigenvalue weighted by molar-refractivity contribution is 9.10. The summed E-state index contributed by atoms with van der Waals surface area (Å²) in [5, 5.41) is 11.0. The monoisotopic (exact) mass is 350 g/mol. The van der Waals surface area contributed by atoms with E-state index in [0.717, 1.165) is 0 Å². The van der Waals surface area contributed by atoms with Crippen LogP contribution in [0.25, 0.3) is 0 Å². The second-order valence-electron chi connectivity index (χ2n) is 4.22. The third-order valence-electron chi connectivity index (χ3n) is 2.94. The van der Waals surface area contributed by atoms with Crippen LogP contribution in [0, 0.1) is 21.8 Å². The van der Waals surface area contributed by atoms with Gasteiger partial charge in [-0.2, -0.15) is 4.39 Å². The van der Waals surface area contributed by atoms with E-state index in [1.165, 1.54) is 17.0 Å². The van der Waals surface area contributed by atoms with Crippen LogP contribution in [0.2, 0.25) is 0 Å². The normalized spacial score (nSPS) is 19.0. The van der Waals surface area contributed by atoms with Crippen LogP contribution in [0.4, 0.5) is 15.8 Å². The molecule has 1 aliphatic rings. The molecule has 8 heteroatoms. The molecule has 1 aromatic carbocycles. The Kier molecular flexibility index (Phi) is 4.05. The van der Waals surface area contributed by atoms with Crippen molar-refractivity contribution in [2.24, 2.45) is 5.92 Å². The number of anilines is 1. The van der Waals surface area contributed by atoms with Gasteiger partial charge in [0, 0.05) is 18.8 Å². The summed E-state index contributed by atoms with van der Waals surface area (Å²) < 4.78 is 13.8. The van der Waals surface area contributed by atoms with Crippen molar-refractivity contribution in [3.8, 4) is 0 Å². The number of carbonyl (C=O) groups is 1. The molecule has 0 spiro atoms. The second-order valence-corrected chi connectivity index (χ2v) is 5.38. The fourth-order valence-corrected chi connectivity index (χ4v) is 2.57. The molecule has 1 aromatic rings. The molecule has 0 aliphatic carbocycles. The van der Waals surface area contributed by atoms with E-state index in [4.69, 9.17) is 11.6 Å². The first-order valence-corrected chi connectivity index (χ1v) is 6.77. The molecular formula is C11H9BrClFN2O3. The van der Waals surface area contributed by atoms with Crippen molar-refractivity contribution in [1.29, 1.82) is 0 Å². The molecule has 1 aliphatic heterocycles. The van der Waals surface area contributed by atoms with Crippen molar-refractivity contribution in [3.05, 3.63) is 32.5 Å². The summed E-state index contributed by atoms with van der Waals surface area (Å²) in [5.74, 6) is -1.05. The Morgan fingerprint density at radius 1 is 1.58 bits per heavy atom. The Morgan fingerprint density at radius 2 is 2.26 bits per heavy atom. The Balaban J connectivity index is 2.49. The van der Waals surface area contributed by atoms with Crippen LogP contribution in [0.15, 0.2) is 16.6 Å². The van der Waals surface area contributed by atoms with Gasteiger partial charge in [-0.25, -0.2) is 0 Å². The van der Waals surface area contributed by atoms with Gasteiger partial charge in [0.25, 0.3) is 0 Å². The van der Waals surface area contributed by atoms with Crippen LogP contribution < -0.4 is 4.90 Å². The van der Waals surface area contributed by atoms with Gasteiger partial charge in [0.05, 0.1) is 9.40 Å². The Hall–Kier alpha value is -1.21. The molecule has 1 amide bonds. The van der Waals surface area contributed by atoms with Gasteiger partial charge < -0.3 is 4.90 Å². The number of benzene rings is 1. The SMILES string of the molecule is O=C1CC(CCl)CN1c1ccc(Br)c(F)c1[N+](=O)[O-]. The molecule has 102 valence electrons. The number of nitro groups is 1. The molecule has 19 heavy (non-hydrogen) atoms. The zero-order valence-electron chi connectivity index (χ0n) is 9.61. The van der Waals surface area contributed by atoms with Crippen molar-refractivity contribution < 1.29 is 14.1 Å². The summed E-state index contributed by atoms with van der Waals surface area (Å²) in [6.07, 6.45) is 0.221. The lowest BCUT2D eigenvalue weighted by molar-refractivity contribution is -0.386. The number of hydrogen-bond donors (Lipinski definition) is 0. The fourth-order valence-electron chi connectivity index (χ4n) is 2.04. The minimum absolute atomic E-state index is 0.0107. The molecule has 1 unspecified atom stereocenters. The largest absolute Gasteiger partial charge is 0.329 e. The van der Waals surface area contributed by atoms with E-state index in [-0.39, 0.29) is 40.8 Å². The molecule has 0 bridgehead atoms. The third kappa shape index (κ3) is 2.57. The summed E-state index contributed by atoms with van der Waals surface area (Å²) in [6, 6.07) is 2.71. The molecule has 0 N–H and O–H groups in total. The van der Waals surface area contributed by atoms with Crippen LogP contribution in [-0.4, -0.2) is 23.3 Å². The lowest BCUT2D eigenvalue weighted by Crippen LogP contribution is -2.25. The van der Waals surface area contributed by atoms with Gasteiger partial charge in [0.2, 0.25) is 11.7 Å². The van der Waals surface area contributed by atoms with Gasteiger partial charge in [-0.3, -0.25) is 14.9 Å². The first-order valence-electron chi connectivity index (χ1n) is 5.44. The van der Waals surface area contributed by atoms with Gasteiger partial charge in [-0.1, -0.05) is 0 Å². The van der Waals surface area contributed by atoms with E-state index in [1.807, 2.05) is 0 Å². The maximum absolute atomic E-state index is 13.8. The van der Waals surface area contributed by atoms with Gasteiger partial charge >= 0.3 is 5.69 Å². The molecule has 5 nitrogen and oxygen atoms in total. The number of alkyl halides is 1. The quantitative estimate of drug-likeness (QED) is 0.477. The molecule has 1 heterocycles. The zero-order chi connectivity index (χ0) is 14.2. The number of hydrogen-bond acceptors (Lipinski definition) is 3. The molecule has 1 saturated heterocycles. The van der Waals surface area contributed by atoms with Crippen molar-refractivity contribution >= 4 is 44.8 Å². The molecule has 2 rings (SSSR count). The second kappa shape index (κ2) is 5.42. The Labute approximate surface area is 121 Å². The van der Waals surface area contributed by atoms with Gasteiger partial charge in [0.1, 0.15) is 5.69 Å². The van der Waals surface area contributed by atoms with Crippen LogP contribution >= 0.6 is 27.5 Å². The Bertz CT molecular complexity index is 555. The fraction of sp³-hybridized carbons (Fsp3) is 0.364. The molecule has 0 radical (unpaired) electrons. The highest BCUT2D eigenvalue weighted by Gasteiger charge is 2.35. The molecular weight excluding hydrogens is 342 g/mol. The highest BCUT2D eigenvalue weighted by atomic mass is 79.9. The first kappa shape index (κ1) is 14.2. The smallest absolute Gasteiger partial charge is 0.306 e. The topological polar surface area (TPSA) is 63.5 Å². The number of halogens is 3. The zero-order valence-corrected chi connectivity index (χ0v) is 11.9. The van der Waals surface area contributed by atoms with Crippen LogP contribution in [-0.2, 0) is 4.79 Å². The third-order valence-corrected chi connectivity index (χ3v) is 3.99. The summed E-state index contributed by atoms with van der Waals surface area (Å²) in [4.78, 5) is 23.2. The maximum atomic E-state index is 13.8. The number of rotatable bonds is 3. The van der Waals surface area contributed by atoms with E-state index in [9.17, 15) is 19.3 Å². The van der Waals surface area contributed by atoms with Crippen molar-refractivity contribution in [2.75, 3.05) is 17.3 Å². The molecule has 1 atom stereocenters. The molecule has 0 aromatic heterocycles. The van der Waals surface area contributed by atoms with Gasteiger partial charge in [-0.05, 0) is 34.0 Å². The first-order chi connectivity index (χ1) is 8.95. The minimum atomic E-state index is -0.982. The van der Waals surface area contributed by atoms with Gasteiger partial charge in [0.15, 0.2) is 0 Å². The van der Waals surface area contributed by atoms with E-state index in [0.29, 0.717) is 0 Å². The summed E-state index contributed by atoms with van der Waals surface area (Å²) in [7, 11) is 0. The van der Waals surface area contributed by atoms with Crippen LogP contribution in [0.5, 0.6) is 0 Å². The van der Waals surface area contributed by atoms with Crippen molar-refractivity contribution in [1.82, 2.24) is 0 Å². The number of amides is 1. The molecule has 1 fully saturated rings.